The summed E-state index contributed by atoms with van der Waals surface area (Å²) in [5.41, 5.74) is 4.16. The van der Waals surface area contributed by atoms with Crippen molar-refractivity contribution in [1.29, 1.82) is 0 Å². The molecule has 0 saturated carbocycles. The lowest BCUT2D eigenvalue weighted by atomic mass is 9.96. The minimum atomic E-state index is -0.223. The highest BCUT2D eigenvalue weighted by Crippen LogP contribution is 2.35. The summed E-state index contributed by atoms with van der Waals surface area (Å²) < 4.78 is 7.36. The molecule has 0 amide bonds. The normalized spacial score (nSPS) is 11.6. The Morgan fingerprint density at radius 2 is 1.75 bits per heavy atom. The first kappa shape index (κ1) is 27.7. The van der Waals surface area contributed by atoms with Gasteiger partial charge in [0, 0.05) is 25.9 Å². The van der Waals surface area contributed by atoms with Crippen LogP contribution < -0.4 is 10.3 Å². The molecule has 202 valence electrons. The van der Waals surface area contributed by atoms with Crippen molar-refractivity contribution in [2.75, 3.05) is 6.61 Å². The molecule has 40 heavy (non-hydrogen) atoms. The number of para-hydroxylation sites is 1. The van der Waals surface area contributed by atoms with Gasteiger partial charge in [-0.05, 0) is 85.5 Å². The maximum atomic E-state index is 13.8. The molecule has 0 aliphatic heterocycles. The summed E-state index contributed by atoms with van der Waals surface area (Å²) in [4.78, 5) is 20.8. The molecule has 4 aromatic carbocycles. The maximum absolute atomic E-state index is 13.8. The van der Waals surface area contributed by atoms with E-state index >= 15 is 0 Å². The summed E-state index contributed by atoms with van der Waals surface area (Å²) in [6, 6.07) is 27.2. The summed E-state index contributed by atoms with van der Waals surface area (Å²) in [6.45, 7) is 8.83. The van der Waals surface area contributed by atoms with E-state index in [-0.39, 0.29) is 11.5 Å². The minimum absolute atomic E-state index is 0.223. The number of aryl methyl sites for hydroxylation is 1. The van der Waals surface area contributed by atoms with Gasteiger partial charge >= 0.3 is 0 Å². The van der Waals surface area contributed by atoms with Crippen LogP contribution in [0.2, 0.25) is 5.02 Å². The number of hydrogen-bond acceptors (Lipinski definition) is 5. The lowest BCUT2D eigenvalue weighted by Crippen LogP contribution is -2.21. The van der Waals surface area contributed by atoms with Crippen LogP contribution in [-0.2, 0) is 0 Å². The number of ether oxygens (including phenoxy) is 1. The number of rotatable bonds is 8. The largest absolute Gasteiger partial charge is 0.494 e. The summed E-state index contributed by atoms with van der Waals surface area (Å²) >= 11 is 7.68. The van der Waals surface area contributed by atoms with Gasteiger partial charge < -0.3 is 4.74 Å². The highest BCUT2D eigenvalue weighted by atomic mass is 35.5. The van der Waals surface area contributed by atoms with Crippen LogP contribution in [0.3, 0.4) is 0 Å². The zero-order valence-electron chi connectivity index (χ0n) is 22.9. The lowest BCUT2D eigenvalue weighted by molar-refractivity contribution is 0.335. The Morgan fingerprint density at radius 1 is 1.02 bits per heavy atom. The number of fused-ring (bicyclic) bond motifs is 1. The van der Waals surface area contributed by atoms with E-state index in [0.717, 1.165) is 37.8 Å². The third-order valence-electron chi connectivity index (χ3n) is 6.55. The number of halogens is 1. The fraction of sp³-hybridized carbons (Fsp3) is 0.182. The van der Waals surface area contributed by atoms with Crippen LogP contribution in [0.25, 0.3) is 22.3 Å². The molecule has 0 spiro atoms. The van der Waals surface area contributed by atoms with Gasteiger partial charge in [0.1, 0.15) is 5.75 Å². The van der Waals surface area contributed by atoms with Crippen molar-refractivity contribution >= 4 is 40.5 Å². The first-order valence-electron chi connectivity index (χ1n) is 13.2. The van der Waals surface area contributed by atoms with Gasteiger partial charge in [0.15, 0.2) is 5.82 Å². The van der Waals surface area contributed by atoms with E-state index in [4.69, 9.17) is 26.4 Å². The van der Waals surface area contributed by atoms with Gasteiger partial charge in [-0.1, -0.05) is 67.5 Å². The molecule has 0 unspecified atom stereocenters. The Bertz CT molecular complexity index is 1760. The fourth-order valence-electron chi connectivity index (χ4n) is 4.51. The monoisotopic (exact) mass is 567 g/mol. The molecule has 0 bridgehead atoms. The van der Waals surface area contributed by atoms with Crippen molar-refractivity contribution in [2.24, 2.45) is 5.10 Å². The first-order chi connectivity index (χ1) is 19.4. The van der Waals surface area contributed by atoms with Crippen molar-refractivity contribution in [3.8, 4) is 17.1 Å². The summed E-state index contributed by atoms with van der Waals surface area (Å²) in [5.74, 6) is 1.57. The highest BCUT2D eigenvalue weighted by molar-refractivity contribution is 7.99. The van der Waals surface area contributed by atoms with Gasteiger partial charge in [0.2, 0.25) is 0 Å². The van der Waals surface area contributed by atoms with E-state index in [1.807, 2.05) is 86.6 Å². The van der Waals surface area contributed by atoms with E-state index in [0.29, 0.717) is 28.4 Å². The van der Waals surface area contributed by atoms with Crippen LogP contribution in [0.1, 0.15) is 43.4 Å². The van der Waals surface area contributed by atoms with Gasteiger partial charge in [-0.15, -0.1) is 0 Å². The van der Waals surface area contributed by atoms with E-state index < -0.39 is 0 Å². The Hall–Kier alpha value is -3.87. The zero-order valence-corrected chi connectivity index (χ0v) is 24.5. The average Bonchev–Trinajstić information content (AvgIpc) is 2.94. The molecule has 0 aliphatic carbocycles. The second-order valence-electron chi connectivity index (χ2n) is 9.70. The van der Waals surface area contributed by atoms with Crippen molar-refractivity contribution in [3.63, 3.8) is 0 Å². The molecule has 1 aromatic heterocycles. The highest BCUT2D eigenvalue weighted by Gasteiger charge is 2.18. The summed E-state index contributed by atoms with van der Waals surface area (Å²) in [6.07, 6.45) is 1.73. The number of hydrogen-bond donors (Lipinski definition) is 0. The molecule has 0 saturated heterocycles. The molecular weight excluding hydrogens is 538 g/mol. The second kappa shape index (κ2) is 12.1. The van der Waals surface area contributed by atoms with Crippen molar-refractivity contribution in [2.45, 2.75) is 43.4 Å². The quantitative estimate of drug-likeness (QED) is 0.176. The van der Waals surface area contributed by atoms with Gasteiger partial charge in [0.25, 0.3) is 5.56 Å². The zero-order chi connectivity index (χ0) is 28.2. The third-order valence-corrected chi connectivity index (χ3v) is 7.90. The molecule has 0 fully saturated rings. The average molecular weight is 568 g/mol. The molecule has 0 atom stereocenters. The molecule has 1 heterocycles. The van der Waals surface area contributed by atoms with Gasteiger partial charge in [-0.3, -0.25) is 4.79 Å². The molecule has 5 rings (SSSR count). The lowest BCUT2D eigenvalue weighted by Gasteiger charge is -2.18. The molecule has 5 nitrogen and oxygen atoms in total. The standard InChI is InChI=1S/C33H30ClN3O2S/c1-5-39-30-18-22(4)28(19-27(30)21(2)3)32-36-29-12-8-7-11-26(29)33(38)37(32)35-20-23-10-6-9-13-31(23)40-25-16-14-24(34)15-17-25/h6-21H,5H2,1-4H3. The van der Waals surface area contributed by atoms with Crippen molar-refractivity contribution < 1.29 is 4.74 Å². The van der Waals surface area contributed by atoms with Crippen LogP contribution in [0.15, 0.2) is 105 Å². The molecular formula is C33H30ClN3O2S. The Labute approximate surface area is 243 Å². The third kappa shape index (κ3) is 5.83. The van der Waals surface area contributed by atoms with Crippen LogP contribution >= 0.6 is 23.4 Å². The van der Waals surface area contributed by atoms with Gasteiger partial charge in [-0.2, -0.15) is 9.78 Å². The predicted octanol–water partition coefficient (Wildman–Crippen LogP) is 8.58. The fourth-order valence-corrected chi connectivity index (χ4v) is 5.54. The summed E-state index contributed by atoms with van der Waals surface area (Å²) in [5, 5.41) is 5.95. The molecule has 0 radical (unpaired) electrons. The number of nitrogens with zero attached hydrogens (tertiary/aromatic N) is 3. The van der Waals surface area contributed by atoms with Gasteiger partial charge in [0.05, 0.1) is 23.7 Å². The Morgan fingerprint density at radius 3 is 2.50 bits per heavy atom. The minimum Gasteiger partial charge on any atom is -0.494 e. The van der Waals surface area contributed by atoms with Crippen molar-refractivity contribution in [3.05, 3.63) is 117 Å². The van der Waals surface area contributed by atoms with E-state index in [9.17, 15) is 4.79 Å². The van der Waals surface area contributed by atoms with Crippen molar-refractivity contribution in [1.82, 2.24) is 9.66 Å². The maximum Gasteiger partial charge on any atom is 0.282 e. The van der Waals surface area contributed by atoms with Crippen LogP contribution in [0.4, 0.5) is 0 Å². The number of benzene rings is 4. The molecule has 5 aromatic rings. The topological polar surface area (TPSA) is 56.5 Å². The Balaban J connectivity index is 1.66. The molecule has 0 aliphatic rings. The van der Waals surface area contributed by atoms with Crippen LogP contribution in [-0.4, -0.2) is 22.5 Å². The van der Waals surface area contributed by atoms with E-state index in [2.05, 4.69) is 19.9 Å². The van der Waals surface area contributed by atoms with Crippen LogP contribution in [0.5, 0.6) is 5.75 Å². The second-order valence-corrected chi connectivity index (χ2v) is 11.3. The van der Waals surface area contributed by atoms with Gasteiger partial charge in [-0.25, -0.2) is 4.98 Å². The SMILES string of the molecule is CCOc1cc(C)c(-c2nc3ccccc3c(=O)n2N=Cc2ccccc2Sc2ccc(Cl)cc2)cc1C(C)C. The molecule has 0 N–H and O–H groups in total. The predicted molar refractivity (Wildman–Crippen MR) is 166 cm³/mol. The smallest absolute Gasteiger partial charge is 0.282 e. The number of aromatic nitrogens is 2. The Kier molecular flexibility index (Phi) is 8.38. The molecule has 7 heteroatoms. The van der Waals surface area contributed by atoms with Crippen LogP contribution in [0, 0.1) is 6.92 Å². The van der Waals surface area contributed by atoms with E-state index in [1.54, 1.807) is 24.0 Å². The first-order valence-corrected chi connectivity index (χ1v) is 14.4. The summed E-state index contributed by atoms with van der Waals surface area (Å²) in [7, 11) is 0. The van der Waals surface area contributed by atoms with E-state index in [1.165, 1.54) is 4.68 Å².